The molecule has 1 aromatic heterocycles. The number of fused-ring (bicyclic) bond motifs is 1. The third-order valence-corrected chi connectivity index (χ3v) is 6.32. The van der Waals surface area contributed by atoms with Crippen LogP contribution in [0, 0.1) is 10.1 Å². The number of rotatable bonds is 7. The fourth-order valence-corrected chi connectivity index (χ4v) is 4.38. The van der Waals surface area contributed by atoms with E-state index in [-0.39, 0.29) is 12.3 Å². The summed E-state index contributed by atoms with van der Waals surface area (Å²) in [6.07, 6.45) is 1.48. The number of amides is 1. The number of benzene rings is 3. The Bertz CT molecular complexity index is 1390. The second-order valence-electron chi connectivity index (χ2n) is 6.85. The molecule has 166 valence electrons. The maximum absolute atomic E-state index is 12.5. The quantitative estimate of drug-likeness (QED) is 0.179. The van der Waals surface area contributed by atoms with Crippen molar-refractivity contribution in [1.29, 1.82) is 0 Å². The highest BCUT2D eigenvalue weighted by atomic mass is 35.5. The van der Waals surface area contributed by atoms with E-state index in [9.17, 15) is 14.9 Å². The molecule has 1 heterocycles. The van der Waals surface area contributed by atoms with E-state index in [4.69, 9.17) is 27.9 Å². The van der Waals surface area contributed by atoms with Gasteiger partial charge in [0.25, 0.3) is 11.6 Å². The molecule has 0 aliphatic heterocycles. The monoisotopic (exact) mass is 499 g/mol. The molecule has 0 radical (unpaired) electrons. The van der Waals surface area contributed by atoms with Gasteiger partial charge in [0.1, 0.15) is 12.4 Å². The summed E-state index contributed by atoms with van der Waals surface area (Å²) in [7, 11) is 0. The molecule has 0 spiro atoms. The van der Waals surface area contributed by atoms with E-state index >= 15 is 0 Å². The Morgan fingerprint density at radius 2 is 1.94 bits per heavy atom. The van der Waals surface area contributed by atoms with Crippen molar-refractivity contribution in [3.05, 3.63) is 103 Å². The molecule has 4 rings (SSSR count). The first kappa shape index (κ1) is 22.7. The van der Waals surface area contributed by atoms with Gasteiger partial charge in [-0.3, -0.25) is 14.9 Å². The summed E-state index contributed by atoms with van der Waals surface area (Å²) < 4.78 is 6.64. The molecule has 0 fully saturated rings. The van der Waals surface area contributed by atoms with E-state index in [0.717, 1.165) is 10.3 Å². The number of nitrogens with zero attached hydrogens (tertiary/aromatic N) is 2. The van der Waals surface area contributed by atoms with E-state index in [1.807, 2.05) is 12.1 Å². The Morgan fingerprint density at radius 1 is 1.12 bits per heavy atom. The van der Waals surface area contributed by atoms with Crippen molar-refractivity contribution < 1.29 is 14.5 Å². The number of hydrogen-bond acceptors (Lipinski definition) is 6. The molecule has 0 saturated heterocycles. The SMILES string of the molecule is O=C(N/N=C\c1ccccc1OCc1ccc(Cl)cc1Cl)c1cc2cc([N+](=O)[O-])ccc2s1. The van der Waals surface area contributed by atoms with Crippen molar-refractivity contribution in [1.82, 2.24) is 5.43 Å². The normalized spacial score (nSPS) is 11.1. The fourth-order valence-electron chi connectivity index (χ4n) is 2.98. The predicted octanol–water partition coefficient (Wildman–Crippen LogP) is 6.46. The van der Waals surface area contributed by atoms with Crippen molar-refractivity contribution in [2.75, 3.05) is 0 Å². The van der Waals surface area contributed by atoms with Gasteiger partial charge in [0.2, 0.25) is 0 Å². The molecular weight excluding hydrogens is 485 g/mol. The Balaban J connectivity index is 1.43. The largest absolute Gasteiger partial charge is 0.488 e. The van der Waals surface area contributed by atoms with Gasteiger partial charge in [-0.05, 0) is 36.4 Å². The number of carbonyl (C=O) groups is 1. The van der Waals surface area contributed by atoms with Crippen molar-refractivity contribution in [2.24, 2.45) is 5.10 Å². The van der Waals surface area contributed by atoms with Crippen LogP contribution >= 0.6 is 34.5 Å². The molecule has 0 aliphatic carbocycles. The molecule has 10 heteroatoms. The minimum atomic E-state index is -0.471. The van der Waals surface area contributed by atoms with Gasteiger partial charge >= 0.3 is 0 Å². The minimum Gasteiger partial charge on any atom is -0.488 e. The van der Waals surface area contributed by atoms with Crippen molar-refractivity contribution in [2.45, 2.75) is 6.61 Å². The molecule has 0 unspecified atom stereocenters. The number of nitrogens with one attached hydrogen (secondary N) is 1. The molecular formula is C23H15Cl2N3O4S. The number of non-ortho nitro benzene ring substituents is 1. The third-order valence-electron chi connectivity index (χ3n) is 4.62. The summed E-state index contributed by atoms with van der Waals surface area (Å²) in [6.45, 7) is 0.237. The van der Waals surface area contributed by atoms with Crippen LogP contribution in [0.15, 0.2) is 71.8 Å². The summed E-state index contributed by atoms with van der Waals surface area (Å²) in [4.78, 5) is 23.3. The first-order chi connectivity index (χ1) is 15.9. The molecule has 7 nitrogen and oxygen atoms in total. The molecule has 0 saturated carbocycles. The minimum absolute atomic E-state index is 0.0261. The topological polar surface area (TPSA) is 93.8 Å². The standard InChI is InChI=1S/C23H15Cl2N3O4S/c24-17-6-5-15(19(25)11-17)13-32-20-4-2-1-3-14(20)12-26-27-23(29)22-10-16-9-18(28(30)31)7-8-21(16)33-22/h1-12H,13H2,(H,27,29)/b26-12-. The summed E-state index contributed by atoms with van der Waals surface area (Å²) in [6, 6.07) is 18.5. The summed E-state index contributed by atoms with van der Waals surface area (Å²) >= 11 is 13.3. The zero-order chi connectivity index (χ0) is 23.4. The summed E-state index contributed by atoms with van der Waals surface area (Å²) in [5.41, 5.74) is 3.90. The highest BCUT2D eigenvalue weighted by Crippen LogP contribution is 2.29. The molecule has 1 amide bonds. The summed E-state index contributed by atoms with van der Waals surface area (Å²) in [5, 5.41) is 16.6. The van der Waals surface area contributed by atoms with Crippen LogP contribution in [0.3, 0.4) is 0 Å². The molecule has 4 aromatic rings. The van der Waals surface area contributed by atoms with Gasteiger partial charge in [0.15, 0.2) is 0 Å². The highest BCUT2D eigenvalue weighted by molar-refractivity contribution is 7.20. The van der Waals surface area contributed by atoms with E-state index in [1.165, 1.54) is 29.7 Å². The van der Waals surface area contributed by atoms with Crippen LogP contribution in [-0.4, -0.2) is 17.0 Å². The van der Waals surface area contributed by atoms with E-state index in [0.29, 0.717) is 31.6 Å². The number of nitro benzene ring substituents is 1. The van der Waals surface area contributed by atoms with Gasteiger partial charge < -0.3 is 4.74 Å². The van der Waals surface area contributed by atoms with Crippen LogP contribution in [0.4, 0.5) is 5.69 Å². The van der Waals surface area contributed by atoms with E-state index in [2.05, 4.69) is 10.5 Å². The van der Waals surface area contributed by atoms with Crippen LogP contribution in [-0.2, 0) is 6.61 Å². The van der Waals surface area contributed by atoms with Gasteiger partial charge in [-0.2, -0.15) is 5.10 Å². The zero-order valence-electron chi connectivity index (χ0n) is 16.8. The number of para-hydroxylation sites is 1. The molecule has 0 bridgehead atoms. The molecule has 33 heavy (non-hydrogen) atoms. The van der Waals surface area contributed by atoms with Crippen molar-refractivity contribution >= 4 is 62.4 Å². The lowest BCUT2D eigenvalue weighted by molar-refractivity contribution is -0.384. The number of hydrazone groups is 1. The van der Waals surface area contributed by atoms with Crippen LogP contribution in [0.1, 0.15) is 20.8 Å². The average molecular weight is 500 g/mol. The summed E-state index contributed by atoms with van der Waals surface area (Å²) in [5.74, 6) is 0.150. The Kier molecular flexibility index (Phi) is 6.88. The Labute approximate surface area is 202 Å². The average Bonchev–Trinajstić information content (AvgIpc) is 3.23. The lowest BCUT2D eigenvalue weighted by Gasteiger charge is -2.10. The van der Waals surface area contributed by atoms with Crippen molar-refractivity contribution in [3.63, 3.8) is 0 Å². The third kappa shape index (κ3) is 5.48. The highest BCUT2D eigenvalue weighted by Gasteiger charge is 2.13. The lowest BCUT2D eigenvalue weighted by atomic mass is 10.2. The van der Waals surface area contributed by atoms with E-state index in [1.54, 1.807) is 42.5 Å². The predicted molar refractivity (Wildman–Crippen MR) is 131 cm³/mol. The van der Waals surface area contributed by atoms with Gasteiger partial charge in [-0.15, -0.1) is 11.3 Å². The Hall–Kier alpha value is -3.46. The number of ether oxygens (including phenoxy) is 1. The van der Waals surface area contributed by atoms with Crippen LogP contribution in [0.2, 0.25) is 10.0 Å². The van der Waals surface area contributed by atoms with Gasteiger partial charge in [0.05, 0.1) is 16.0 Å². The molecule has 3 aromatic carbocycles. The van der Waals surface area contributed by atoms with Crippen LogP contribution in [0.5, 0.6) is 5.75 Å². The van der Waals surface area contributed by atoms with E-state index < -0.39 is 10.8 Å². The maximum atomic E-state index is 12.5. The molecule has 0 atom stereocenters. The number of carbonyl (C=O) groups excluding carboxylic acids is 1. The second kappa shape index (κ2) is 9.99. The maximum Gasteiger partial charge on any atom is 0.281 e. The zero-order valence-corrected chi connectivity index (χ0v) is 19.2. The lowest BCUT2D eigenvalue weighted by Crippen LogP contribution is -2.16. The number of halogens is 2. The smallest absolute Gasteiger partial charge is 0.281 e. The second-order valence-corrected chi connectivity index (χ2v) is 8.78. The van der Waals surface area contributed by atoms with Gasteiger partial charge in [-0.1, -0.05) is 41.4 Å². The van der Waals surface area contributed by atoms with Crippen LogP contribution in [0.25, 0.3) is 10.1 Å². The number of thiophene rings is 1. The number of hydrogen-bond donors (Lipinski definition) is 1. The van der Waals surface area contributed by atoms with Crippen molar-refractivity contribution in [3.8, 4) is 5.75 Å². The first-order valence-electron chi connectivity index (χ1n) is 9.58. The van der Waals surface area contributed by atoms with Crippen LogP contribution < -0.4 is 10.2 Å². The number of nitro groups is 1. The Morgan fingerprint density at radius 3 is 2.73 bits per heavy atom. The molecule has 0 aliphatic rings. The molecule has 1 N–H and O–H groups in total. The fraction of sp³-hybridized carbons (Fsp3) is 0.0435. The first-order valence-corrected chi connectivity index (χ1v) is 11.1. The van der Waals surface area contributed by atoms with Gasteiger partial charge in [-0.25, -0.2) is 5.43 Å². The van der Waals surface area contributed by atoms with Gasteiger partial charge in [0, 0.05) is 43.4 Å².